The fraction of sp³-hybridized carbons (Fsp3) is 0.462. The Morgan fingerprint density at radius 2 is 1.97 bits per heavy atom. The van der Waals surface area contributed by atoms with Crippen LogP contribution in [-0.4, -0.2) is 49.7 Å². The predicted octanol–water partition coefficient (Wildman–Crippen LogP) is 5.74. The van der Waals surface area contributed by atoms with Gasteiger partial charge in [0.15, 0.2) is 11.6 Å². The number of nitrogens with zero attached hydrogens (tertiary/aromatic N) is 5. The highest BCUT2D eigenvalue weighted by molar-refractivity contribution is 6.31. The van der Waals surface area contributed by atoms with Gasteiger partial charge < -0.3 is 20.1 Å². The Balaban J connectivity index is 1.45. The quantitative estimate of drug-likeness (QED) is 0.448. The molecule has 1 aliphatic rings. The van der Waals surface area contributed by atoms with Crippen LogP contribution in [0.4, 0.5) is 15.0 Å². The molecule has 9 nitrogen and oxygen atoms in total. The third kappa shape index (κ3) is 6.12. The summed E-state index contributed by atoms with van der Waals surface area (Å²) >= 11 is 6.21. The van der Waals surface area contributed by atoms with Crippen LogP contribution >= 0.6 is 11.6 Å². The number of pyridine rings is 1. The number of anilines is 1. The zero-order valence-corrected chi connectivity index (χ0v) is 22.4. The van der Waals surface area contributed by atoms with E-state index in [1.807, 2.05) is 38.6 Å². The monoisotopic (exact) mass is 530 g/mol. The number of amides is 1. The van der Waals surface area contributed by atoms with E-state index in [2.05, 4.69) is 15.3 Å². The van der Waals surface area contributed by atoms with Gasteiger partial charge in [-0.2, -0.15) is 0 Å². The standard InChI is InChI=1S/C26H32ClFN6O3/c1-15-6-7-19(28)23(27)22(15)16(2)36-21-12-17(13-30-24(21)29)20-14-34(32-31-20)18-8-10-33(11-9-18)25(35)37-26(3,4)5/h6-7,12-14,16,18H,8-11H2,1-5H3,(H2,29,30). The van der Waals surface area contributed by atoms with Crippen molar-refractivity contribution in [3.05, 3.63) is 52.6 Å². The fourth-order valence-corrected chi connectivity index (χ4v) is 4.69. The molecule has 0 bridgehead atoms. The summed E-state index contributed by atoms with van der Waals surface area (Å²) in [6.07, 6.45) is 4.07. The number of piperidine rings is 1. The Labute approximate surface area is 220 Å². The van der Waals surface area contributed by atoms with Crippen molar-refractivity contribution in [2.24, 2.45) is 0 Å². The van der Waals surface area contributed by atoms with Gasteiger partial charge in [0, 0.05) is 30.4 Å². The molecule has 37 heavy (non-hydrogen) atoms. The molecular formula is C26H32ClFN6O3. The lowest BCUT2D eigenvalue weighted by Gasteiger charge is -2.33. The maximum absolute atomic E-state index is 14.0. The molecule has 1 amide bonds. The molecule has 2 N–H and O–H groups in total. The second-order valence-corrected chi connectivity index (χ2v) is 10.6. The summed E-state index contributed by atoms with van der Waals surface area (Å²) in [5, 5.41) is 8.65. The topological polar surface area (TPSA) is 108 Å². The van der Waals surface area contributed by atoms with Crippen molar-refractivity contribution in [2.75, 3.05) is 18.8 Å². The van der Waals surface area contributed by atoms with Crippen LogP contribution < -0.4 is 10.5 Å². The largest absolute Gasteiger partial charge is 0.482 e. The first-order chi connectivity index (χ1) is 17.4. The van der Waals surface area contributed by atoms with Crippen LogP contribution in [0.25, 0.3) is 11.3 Å². The van der Waals surface area contributed by atoms with Crippen molar-refractivity contribution in [1.29, 1.82) is 0 Å². The Morgan fingerprint density at radius 3 is 2.65 bits per heavy atom. The number of aryl methyl sites for hydroxylation is 1. The third-order valence-corrected chi connectivity index (χ3v) is 6.62. The number of likely N-dealkylation sites (tertiary alicyclic amines) is 1. The number of nitrogens with two attached hydrogens (primary N) is 1. The number of nitrogen functional groups attached to an aromatic ring is 1. The molecule has 1 saturated heterocycles. The Bertz CT molecular complexity index is 1280. The van der Waals surface area contributed by atoms with Gasteiger partial charge in [-0.05, 0) is 65.2 Å². The minimum atomic E-state index is -0.562. The number of ether oxygens (including phenoxy) is 2. The number of benzene rings is 1. The first-order valence-electron chi connectivity index (χ1n) is 12.2. The highest BCUT2D eigenvalue weighted by Gasteiger charge is 2.28. The molecule has 1 aromatic carbocycles. The average molecular weight is 531 g/mol. The maximum atomic E-state index is 14.0. The Morgan fingerprint density at radius 1 is 1.27 bits per heavy atom. The lowest BCUT2D eigenvalue weighted by molar-refractivity contribution is 0.0184. The first-order valence-corrected chi connectivity index (χ1v) is 12.6. The molecule has 3 aromatic rings. The molecule has 1 atom stereocenters. The van der Waals surface area contributed by atoms with E-state index in [0.29, 0.717) is 35.7 Å². The number of rotatable bonds is 5. The van der Waals surface area contributed by atoms with E-state index in [-0.39, 0.29) is 23.0 Å². The molecule has 2 aromatic heterocycles. The van der Waals surface area contributed by atoms with Crippen LogP contribution in [-0.2, 0) is 4.74 Å². The summed E-state index contributed by atoms with van der Waals surface area (Å²) in [5.41, 5.74) is 8.19. The molecule has 1 unspecified atom stereocenters. The van der Waals surface area contributed by atoms with Crippen molar-refractivity contribution in [1.82, 2.24) is 24.9 Å². The molecule has 3 heterocycles. The minimum Gasteiger partial charge on any atom is -0.482 e. The zero-order chi connectivity index (χ0) is 26.9. The molecule has 0 spiro atoms. The number of aromatic nitrogens is 4. The van der Waals surface area contributed by atoms with Gasteiger partial charge in [0.2, 0.25) is 0 Å². The van der Waals surface area contributed by atoms with E-state index in [1.165, 1.54) is 6.07 Å². The van der Waals surface area contributed by atoms with Crippen molar-refractivity contribution in [2.45, 2.75) is 65.2 Å². The molecule has 198 valence electrons. The van der Waals surface area contributed by atoms with Gasteiger partial charge in [-0.1, -0.05) is 22.9 Å². The van der Waals surface area contributed by atoms with Crippen LogP contribution in [0.15, 0.2) is 30.6 Å². The summed E-state index contributed by atoms with van der Waals surface area (Å²) in [4.78, 5) is 18.3. The molecule has 0 saturated carbocycles. The SMILES string of the molecule is Cc1ccc(F)c(Cl)c1C(C)Oc1cc(-c2cn(C3CCN(C(=O)OC(C)(C)C)CC3)nn2)cnc1N. The summed E-state index contributed by atoms with van der Waals surface area (Å²) in [6, 6.07) is 4.83. The third-order valence-electron chi connectivity index (χ3n) is 6.24. The second-order valence-electron chi connectivity index (χ2n) is 10.2. The molecular weight excluding hydrogens is 499 g/mol. The number of hydrogen-bond donors (Lipinski definition) is 1. The van der Waals surface area contributed by atoms with Crippen LogP contribution in [0, 0.1) is 12.7 Å². The highest BCUT2D eigenvalue weighted by Crippen LogP contribution is 2.35. The van der Waals surface area contributed by atoms with Gasteiger partial charge in [-0.25, -0.2) is 18.9 Å². The van der Waals surface area contributed by atoms with E-state index in [1.54, 1.807) is 30.2 Å². The lowest BCUT2D eigenvalue weighted by Crippen LogP contribution is -2.42. The predicted molar refractivity (Wildman–Crippen MR) is 139 cm³/mol. The number of carbonyl (C=O) groups is 1. The normalized spacial score (nSPS) is 15.5. The van der Waals surface area contributed by atoms with Gasteiger partial charge in [-0.15, -0.1) is 5.10 Å². The van der Waals surface area contributed by atoms with Gasteiger partial charge in [0.05, 0.1) is 17.3 Å². The van der Waals surface area contributed by atoms with E-state index < -0.39 is 17.5 Å². The van der Waals surface area contributed by atoms with Gasteiger partial charge >= 0.3 is 6.09 Å². The van der Waals surface area contributed by atoms with E-state index >= 15 is 0 Å². The summed E-state index contributed by atoms with van der Waals surface area (Å²) in [5.74, 6) is 0.0266. The van der Waals surface area contributed by atoms with Crippen LogP contribution in [0.3, 0.4) is 0 Å². The molecule has 4 rings (SSSR count). The number of carbonyl (C=O) groups excluding carboxylic acids is 1. The Hall–Kier alpha value is -3.40. The molecule has 0 radical (unpaired) electrons. The molecule has 1 fully saturated rings. The van der Waals surface area contributed by atoms with Crippen LogP contribution in [0.1, 0.15) is 63.8 Å². The van der Waals surface area contributed by atoms with Gasteiger partial charge in [0.25, 0.3) is 0 Å². The van der Waals surface area contributed by atoms with E-state index in [9.17, 15) is 9.18 Å². The zero-order valence-electron chi connectivity index (χ0n) is 21.7. The van der Waals surface area contributed by atoms with Crippen molar-refractivity contribution in [3.8, 4) is 17.0 Å². The first kappa shape index (κ1) is 26.7. The number of halogens is 2. The summed E-state index contributed by atoms with van der Waals surface area (Å²) in [6.45, 7) is 10.3. The Kier molecular flexibility index (Phi) is 7.59. The smallest absolute Gasteiger partial charge is 0.410 e. The maximum Gasteiger partial charge on any atom is 0.410 e. The van der Waals surface area contributed by atoms with Crippen LogP contribution in [0.5, 0.6) is 5.75 Å². The average Bonchev–Trinajstić information content (AvgIpc) is 3.32. The molecule has 1 aliphatic heterocycles. The van der Waals surface area contributed by atoms with Crippen molar-refractivity contribution in [3.63, 3.8) is 0 Å². The number of hydrogen-bond acceptors (Lipinski definition) is 7. The van der Waals surface area contributed by atoms with E-state index in [4.69, 9.17) is 26.8 Å². The lowest BCUT2D eigenvalue weighted by atomic mass is 10.0. The molecule has 11 heteroatoms. The van der Waals surface area contributed by atoms with Crippen LogP contribution in [0.2, 0.25) is 5.02 Å². The van der Waals surface area contributed by atoms with Gasteiger partial charge in [0.1, 0.15) is 23.2 Å². The summed E-state index contributed by atoms with van der Waals surface area (Å²) in [7, 11) is 0. The van der Waals surface area contributed by atoms with Crippen molar-refractivity contribution >= 4 is 23.5 Å². The highest BCUT2D eigenvalue weighted by atomic mass is 35.5. The summed E-state index contributed by atoms with van der Waals surface area (Å²) < 4.78 is 27.4. The van der Waals surface area contributed by atoms with E-state index in [0.717, 1.165) is 18.4 Å². The molecule has 0 aliphatic carbocycles. The van der Waals surface area contributed by atoms with Gasteiger partial charge in [-0.3, -0.25) is 0 Å². The fourth-order valence-electron chi connectivity index (χ4n) is 4.33. The van der Waals surface area contributed by atoms with Crippen molar-refractivity contribution < 1.29 is 18.7 Å². The minimum absolute atomic E-state index is 0.0239. The second kappa shape index (κ2) is 10.5.